The van der Waals surface area contributed by atoms with Crippen LogP contribution in [0, 0.1) is 6.92 Å². The standard InChI is InChI=1S/C19H27N5OS/c1-4-15-8-6-7-9-16(15)12-23-19(20-5-2)22-11-10-21-18(25)17-14(3)24-13-26-17/h6-9,13H,4-5,10-12H2,1-3H3,(H,21,25)(H2,20,22,23). The Bertz CT molecular complexity index is 741. The zero-order valence-corrected chi connectivity index (χ0v) is 16.4. The van der Waals surface area contributed by atoms with Gasteiger partial charge in [-0.2, -0.15) is 0 Å². The molecule has 0 aliphatic heterocycles. The van der Waals surface area contributed by atoms with Crippen molar-refractivity contribution in [1.29, 1.82) is 0 Å². The minimum atomic E-state index is -0.0781. The summed E-state index contributed by atoms with van der Waals surface area (Å²) in [6, 6.07) is 8.36. The predicted molar refractivity (Wildman–Crippen MR) is 108 cm³/mol. The largest absolute Gasteiger partial charge is 0.357 e. The van der Waals surface area contributed by atoms with Gasteiger partial charge in [-0.3, -0.25) is 4.79 Å². The molecule has 0 bridgehead atoms. The maximum atomic E-state index is 12.1. The van der Waals surface area contributed by atoms with Crippen LogP contribution in [0.3, 0.4) is 0 Å². The number of benzene rings is 1. The Morgan fingerprint density at radius 3 is 2.50 bits per heavy atom. The molecule has 1 amide bonds. The second kappa shape index (κ2) is 10.6. The Labute approximate surface area is 159 Å². The first-order valence-corrected chi connectivity index (χ1v) is 9.80. The van der Waals surface area contributed by atoms with Crippen LogP contribution in [0.1, 0.15) is 40.3 Å². The van der Waals surface area contributed by atoms with E-state index in [0.717, 1.165) is 24.6 Å². The van der Waals surface area contributed by atoms with Gasteiger partial charge in [-0.1, -0.05) is 31.2 Å². The molecule has 26 heavy (non-hydrogen) atoms. The van der Waals surface area contributed by atoms with Gasteiger partial charge in [0.25, 0.3) is 5.91 Å². The normalized spacial score (nSPS) is 11.3. The van der Waals surface area contributed by atoms with Crippen molar-refractivity contribution in [2.75, 3.05) is 19.6 Å². The lowest BCUT2D eigenvalue weighted by Crippen LogP contribution is -2.41. The first-order chi connectivity index (χ1) is 12.7. The highest BCUT2D eigenvalue weighted by Gasteiger charge is 2.10. The van der Waals surface area contributed by atoms with E-state index < -0.39 is 0 Å². The van der Waals surface area contributed by atoms with Crippen LogP contribution in [0.2, 0.25) is 0 Å². The quantitative estimate of drug-likeness (QED) is 0.377. The molecule has 0 radical (unpaired) electrons. The molecule has 0 aliphatic rings. The molecule has 7 heteroatoms. The minimum absolute atomic E-state index is 0.0781. The van der Waals surface area contributed by atoms with Crippen molar-refractivity contribution in [3.8, 4) is 0 Å². The van der Waals surface area contributed by atoms with Crippen molar-refractivity contribution in [3.05, 3.63) is 51.5 Å². The monoisotopic (exact) mass is 373 g/mol. The lowest BCUT2D eigenvalue weighted by molar-refractivity contribution is 0.0957. The number of nitrogens with zero attached hydrogens (tertiary/aromatic N) is 2. The molecule has 2 aromatic rings. The third-order valence-electron chi connectivity index (χ3n) is 3.91. The zero-order valence-electron chi connectivity index (χ0n) is 15.6. The first-order valence-electron chi connectivity index (χ1n) is 8.92. The second-order valence-electron chi connectivity index (χ2n) is 5.77. The van der Waals surface area contributed by atoms with E-state index in [9.17, 15) is 4.79 Å². The molecule has 0 fully saturated rings. The smallest absolute Gasteiger partial charge is 0.263 e. The second-order valence-corrected chi connectivity index (χ2v) is 6.62. The zero-order chi connectivity index (χ0) is 18.8. The molecule has 0 atom stereocenters. The lowest BCUT2D eigenvalue weighted by atomic mass is 10.1. The van der Waals surface area contributed by atoms with E-state index in [1.165, 1.54) is 22.5 Å². The van der Waals surface area contributed by atoms with Crippen LogP contribution in [0.4, 0.5) is 0 Å². The number of hydrogen-bond donors (Lipinski definition) is 3. The Kier molecular flexibility index (Phi) is 8.08. The molecule has 1 heterocycles. The third-order valence-corrected chi connectivity index (χ3v) is 4.83. The summed E-state index contributed by atoms with van der Waals surface area (Å²) in [7, 11) is 0. The summed E-state index contributed by atoms with van der Waals surface area (Å²) in [4.78, 5) is 21.5. The van der Waals surface area contributed by atoms with Gasteiger partial charge in [-0.05, 0) is 31.4 Å². The van der Waals surface area contributed by atoms with Crippen LogP contribution in [0.15, 0.2) is 34.8 Å². The number of nitrogens with one attached hydrogen (secondary N) is 3. The molecule has 2 rings (SSSR count). The number of aliphatic imine (C=N–C) groups is 1. The number of aryl methyl sites for hydroxylation is 2. The molecular weight excluding hydrogens is 346 g/mol. The summed E-state index contributed by atoms with van der Waals surface area (Å²) in [5, 5.41) is 9.39. The molecule has 1 aromatic heterocycles. The maximum Gasteiger partial charge on any atom is 0.263 e. The van der Waals surface area contributed by atoms with E-state index in [0.29, 0.717) is 24.5 Å². The van der Waals surface area contributed by atoms with E-state index >= 15 is 0 Å². The van der Waals surface area contributed by atoms with Gasteiger partial charge in [0.15, 0.2) is 5.96 Å². The van der Waals surface area contributed by atoms with Crippen molar-refractivity contribution < 1.29 is 4.79 Å². The number of hydrogen-bond acceptors (Lipinski definition) is 4. The number of thiazole rings is 1. The van der Waals surface area contributed by atoms with E-state index in [-0.39, 0.29) is 5.91 Å². The topological polar surface area (TPSA) is 78.4 Å². The fourth-order valence-electron chi connectivity index (χ4n) is 2.52. The summed E-state index contributed by atoms with van der Waals surface area (Å²) in [5.74, 6) is 0.673. The van der Waals surface area contributed by atoms with E-state index in [1.807, 2.05) is 19.9 Å². The number of amides is 1. The van der Waals surface area contributed by atoms with Crippen molar-refractivity contribution in [1.82, 2.24) is 20.9 Å². The molecule has 6 nitrogen and oxygen atoms in total. The van der Waals surface area contributed by atoms with Gasteiger partial charge in [0.1, 0.15) is 4.88 Å². The predicted octanol–water partition coefficient (Wildman–Crippen LogP) is 2.50. The van der Waals surface area contributed by atoms with Crippen molar-refractivity contribution in [3.63, 3.8) is 0 Å². The molecule has 1 aromatic carbocycles. The summed E-state index contributed by atoms with van der Waals surface area (Å²) in [6.07, 6.45) is 0.999. The van der Waals surface area contributed by atoms with Gasteiger partial charge in [0.05, 0.1) is 17.7 Å². The Balaban J connectivity index is 1.84. The molecule has 140 valence electrons. The molecule has 0 spiro atoms. The highest BCUT2D eigenvalue weighted by atomic mass is 32.1. The maximum absolute atomic E-state index is 12.1. The van der Waals surface area contributed by atoms with Crippen molar-refractivity contribution >= 4 is 23.2 Å². The Hall–Kier alpha value is -2.41. The van der Waals surface area contributed by atoms with Crippen LogP contribution in [-0.4, -0.2) is 36.5 Å². The Morgan fingerprint density at radius 1 is 1.12 bits per heavy atom. The fourth-order valence-corrected chi connectivity index (χ4v) is 3.24. The first kappa shape index (κ1) is 19.9. The van der Waals surface area contributed by atoms with Crippen molar-refractivity contribution in [2.24, 2.45) is 4.99 Å². The number of guanidine groups is 1. The van der Waals surface area contributed by atoms with Gasteiger partial charge in [0, 0.05) is 19.6 Å². The summed E-state index contributed by atoms with van der Waals surface area (Å²) in [5.41, 5.74) is 5.01. The molecule has 0 unspecified atom stereocenters. The third kappa shape index (κ3) is 5.84. The summed E-state index contributed by atoms with van der Waals surface area (Å²) >= 11 is 1.36. The van der Waals surface area contributed by atoms with Gasteiger partial charge in [-0.15, -0.1) is 11.3 Å². The molecule has 0 saturated carbocycles. The summed E-state index contributed by atoms with van der Waals surface area (Å²) < 4.78 is 0. The molecule has 0 saturated heterocycles. The Morgan fingerprint density at radius 2 is 1.85 bits per heavy atom. The van der Waals surface area contributed by atoms with Gasteiger partial charge in [-0.25, -0.2) is 9.98 Å². The van der Waals surface area contributed by atoms with E-state index in [1.54, 1.807) is 5.51 Å². The van der Waals surface area contributed by atoms with E-state index in [2.05, 4.69) is 51.0 Å². The number of aromatic nitrogens is 1. The van der Waals surface area contributed by atoms with E-state index in [4.69, 9.17) is 0 Å². The highest BCUT2D eigenvalue weighted by molar-refractivity contribution is 7.11. The average Bonchev–Trinajstić information content (AvgIpc) is 3.09. The van der Waals surface area contributed by atoms with Crippen LogP contribution < -0.4 is 16.0 Å². The van der Waals surface area contributed by atoms with Crippen LogP contribution >= 0.6 is 11.3 Å². The van der Waals surface area contributed by atoms with Gasteiger partial charge >= 0.3 is 0 Å². The SMILES string of the molecule is CCNC(=NCc1ccccc1CC)NCCNC(=O)c1scnc1C. The number of carbonyl (C=O) groups is 1. The van der Waals surface area contributed by atoms with Gasteiger partial charge < -0.3 is 16.0 Å². The van der Waals surface area contributed by atoms with Crippen molar-refractivity contribution in [2.45, 2.75) is 33.7 Å². The van der Waals surface area contributed by atoms with Crippen LogP contribution in [-0.2, 0) is 13.0 Å². The lowest BCUT2D eigenvalue weighted by Gasteiger charge is -2.12. The minimum Gasteiger partial charge on any atom is -0.357 e. The molecular formula is C19H27N5OS. The number of carbonyl (C=O) groups excluding carboxylic acids is 1. The van der Waals surface area contributed by atoms with Crippen LogP contribution in [0.25, 0.3) is 0 Å². The highest BCUT2D eigenvalue weighted by Crippen LogP contribution is 2.11. The fraction of sp³-hybridized carbons (Fsp3) is 0.421. The van der Waals surface area contributed by atoms with Gasteiger partial charge in [0.2, 0.25) is 0 Å². The molecule has 0 aliphatic carbocycles. The molecule has 3 N–H and O–H groups in total. The average molecular weight is 374 g/mol. The number of rotatable bonds is 8. The summed E-state index contributed by atoms with van der Waals surface area (Å²) in [6.45, 7) is 8.56. The van der Waals surface area contributed by atoms with Crippen LogP contribution in [0.5, 0.6) is 0 Å².